The van der Waals surface area contributed by atoms with Crippen LogP contribution in [0, 0.1) is 0 Å². The number of hydrazone groups is 1. The van der Waals surface area contributed by atoms with E-state index in [4.69, 9.17) is 19.6 Å². The highest BCUT2D eigenvalue weighted by atomic mass is 32.1. The number of methoxy groups -OCH3 is 2. The minimum Gasteiger partial charge on any atom is -0.497 e. The van der Waals surface area contributed by atoms with Crippen LogP contribution in [0.1, 0.15) is 35.4 Å². The summed E-state index contributed by atoms with van der Waals surface area (Å²) in [6.45, 7) is 0. The minimum absolute atomic E-state index is 0.239. The number of carbonyl (C=O) groups excluding carboxylic acids is 1. The third-order valence-electron chi connectivity index (χ3n) is 6.07. The van der Waals surface area contributed by atoms with Gasteiger partial charge in [-0.2, -0.15) is 5.10 Å². The number of ether oxygens (including phenoxy) is 2. The monoisotopic (exact) mass is 474 g/mol. The molecule has 8 heteroatoms. The minimum atomic E-state index is -0.239. The second-order valence-corrected chi connectivity index (χ2v) is 9.23. The van der Waals surface area contributed by atoms with Crippen LogP contribution >= 0.6 is 11.3 Å². The number of nitrogens with zero attached hydrogens (tertiary/aromatic N) is 2. The van der Waals surface area contributed by atoms with E-state index in [1.807, 2.05) is 30.3 Å². The van der Waals surface area contributed by atoms with Crippen molar-refractivity contribution in [1.82, 2.24) is 9.97 Å². The molecule has 0 aliphatic heterocycles. The maximum atomic E-state index is 11.8. The van der Waals surface area contributed by atoms with Gasteiger partial charge in [0.25, 0.3) is 0 Å². The van der Waals surface area contributed by atoms with Crippen molar-refractivity contribution < 1.29 is 14.3 Å². The van der Waals surface area contributed by atoms with Crippen molar-refractivity contribution >= 4 is 39.1 Å². The molecule has 0 unspecified atom stereocenters. The van der Waals surface area contributed by atoms with E-state index < -0.39 is 0 Å². The number of carbonyl (C=O) groups is 1. The number of para-hydroxylation sites is 1. The average molecular weight is 475 g/mol. The summed E-state index contributed by atoms with van der Waals surface area (Å²) in [6.07, 6.45) is 3.87. The first kappa shape index (κ1) is 22.2. The molecule has 5 rings (SSSR count). The van der Waals surface area contributed by atoms with Crippen molar-refractivity contribution in [3.63, 3.8) is 0 Å². The Hall–Kier alpha value is -3.65. The number of hydrogen-bond acceptors (Lipinski definition) is 7. The number of fused-ring (bicyclic) bond motifs is 3. The fourth-order valence-corrected chi connectivity index (χ4v) is 5.28. The molecule has 2 heterocycles. The fourth-order valence-electron chi connectivity index (χ4n) is 4.35. The maximum Gasteiger partial charge on any atom is 0.305 e. The molecule has 0 amide bonds. The summed E-state index contributed by atoms with van der Waals surface area (Å²) in [7, 11) is 3.05. The zero-order chi connectivity index (χ0) is 23.5. The average Bonchev–Trinajstić information content (AvgIpc) is 3.47. The predicted molar refractivity (Wildman–Crippen MR) is 136 cm³/mol. The van der Waals surface area contributed by atoms with E-state index in [0.29, 0.717) is 18.0 Å². The highest BCUT2D eigenvalue weighted by molar-refractivity contribution is 7.16. The summed E-state index contributed by atoms with van der Waals surface area (Å²) in [5, 5.41) is 6.71. The third kappa shape index (κ3) is 4.41. The van der Waals surface area contributed by atoms with Gasteiger partial charge in [0.15, 0.2) is 0 Å². The first-order valence-corrected chi connectivity index (χ1v) is 12.1. The number of aromatic nitrogens is 2. The first-order chi connectivity index (χ1) is 16.7. The molecule has 0 saturated carbocycles. The lowest BCUT2D eigenvalue weighted by Gasteiger charge is -2.13. The van der Waals surface area contributed by atoms with Crippen molar-refractivity contribution in [2.75, 3.05) is 19.6 Å². The Morgan fingerprint density at radius 3 is 2.76 bits per heavy atom. The van der Waals surface area contributed by atoms with Gasteiger partial charge >= 0.3 is 5.97 Å². The molecule has 2 N–H and O–H groups in total. The van der Waals surface area contributed by atoms with Gasteiger partial charge in [-0.05, 0) is 61.6 Å². The second kappa shape index (κ2) is 9.69. The fraction of sp³-hybridized carbons (Fsp3) is 0.269. The molecule has 2 aromatic carbocycles. The lowest BCUT2D eigenvalue weighted by Crippen LogP contribution is -2.13. The number of nitrogens with one attached hydrogen (secondary N) is 2. The molecule has 0 bridgehead atoms. The van der Waals surface area contributed by atoms with Crippen molar-refractivity contribution in [3.05, 3.63) is 64.7 Å². The number of thiazole rings is 1. The van der Waals surface area contributed by atoms with E-state index in [9.17, 15) is 4.79 Å². The first-order valence-electron chi connectivity index (χ1n) is 11.3. The number of aromatic amines is 1. The van der Waals surface area contributed by atoms with Gasteiger partial charge in [-0.25, -0.2) is 4.98 Å². The van der Waals surface area contributed by atoms with Crippen molar-refractivity contribution in [2.24, 2.45) is 5.10 Å². The molecule has 34 heavy (non-hydrogen) atoms. The standard InChI is InChI=1S/C26H26N4O3S/c1-32-17-12-10-16(11-13-17)24-22(14-15-23(31)33-2)34-26(28-24)30-29-21-9-5-7-19-18-6-3-4-8-20(18)27-25(19)21/h3-4,6,8,10-13,27H,5,7,9,14-15H2,1-2H3,(H,28,30)/b29-21-. The van der Waals surface area contributed by atoms with E-state index in [1.54, 1.807) is 7.11 Å². The Balaban J connectivity index is 1.44. The zero-order valence-electron chi connectivity index (χ0n) is 19.2. The van der Waals surface area contributed by atoms with Crippen molar-refractivity contribution in [3.8, 4) is 17.0 Å². The van der Waals surface area contributed by atoms with Gasteiger partial charge in [0, 0.05) is 21.3 Å². The lowest BCUT2D eigenvalue weighted by atomic mass is 9.94. The van der Waals surface area contributed by atoms with Crippen molar-refractivity contribution in [2.45, 2.75) is 32.1 Å². The smallest absolute Gasteiger partial charge is 0.305 e. The van der Waals surface area contributed by atoms with Crippen LogP contribution in [0.3, 0.4) is 0 Å². The lowest BCUT2D eigenvalue weighted by molar-refractivity contribution is -0.140. The van der Waals surface area contributed by atoms with Crippen LogP contribution in [0.2, 0.25) is 0 Å². The topological polar surface area (TPSA) is 88.6 Å². The summed E-state index contributed by atoms with van der Waals surface area (Å²) in [4.78, 5) is 21.1. The van der Waals surface area contributed by atoms with E-state index >= 15 is 0 Å². The summed E-state index contributed by atoms with van der Waals surface area (Å²) in [5.41, 5.74) is 9.59. The van der Waals surface area contributed by atoms with Crippen LogP contribution in [0.15, 0.2) is 53.6 Å². The number of H-pyrrole nitrogens is 1. The normalized spacial score (nSPS) is 14.2. The van der Waals surface area contributed by atoms with Crippen LogP contribution in [-0.4, -0.2) is 35.9 Å². The van der Waals surface area contributed by atoms with Crippen LogP contribution in [-0.2, 0) is 22.4 Å². The van der Waals surface area contributed by atoms with E-state index in [1.165, 1.54) is 29.4 Å². The summed E-state index contributed by atoms with van der Waals surface area (Å²) in [5.74, 6) is 0.545. The van der Waals surface area contributed by atoms with Crippen LogP contribution < -0.4 is 10.2 Å². The van der Waals surface area contributed by atoms with Gasteiger partial charge in [0.1, 0.15) is 5.75 Å². The molecular formula is C26H26N4O3S. The van der Waals surface area contributed by atoms with Gasteiger partial charge in [-0.1, -0.05) is 29.5 Å². The Kier molecular flexibility index (Phi) is 6.31. The van der Waals surface area contributed by atoms with Gasteiger partial charge in [-0.15, -0.1) is 0 Å². The quantitative estimate of drug-likeness (QED) is 0.270. The third-order valence-corrected chi connectivity index (χ3v) is 7.09. The predicted octanol–water partition coefficient (Wildman–Crippen LogP) is 5.56. The number of esters is 1. The van der Waals surface area contributed by atoms with Gasteiger partial charge in [0.05, 0.1) is 37.7 Å². The summed E-state index contributed by atoms with van der Waals surface area (Å²) < 4.78 is 10.1. The molecule has 174 valence electrons. The molecule has 2 aromatic heterocycles. The highest BCUT2D eigenvalue weighted by Gasteiger charge is 2.21. The second-order valence-electron chi connectivity index (χ2n) is 8.14. The SMILES string of the molecule is COC(=O)CCc1sc(N/N=C2/CCCc3c2[nH]c2ccccc32)nc1-c1ccc(OC)cc1. The molecule has 1 aliphatic carbocycles. The van der Waals surface area contributed by atoms with E-state index in [2.05, 4.69) is 28.6 Å². The number of rotatable bonds is 7. The molecule has 4 aromatic rings. The summed E-state index contributed by atoms with van der Waals surface area (Å²) in [6, 6.07) is 16.2. The summed E-state index contributed by atoms with van der Waals surface area (Å²) >= 11 is 1.51. The Morgan fingerprint density at radius 2 is 1.97 bits per heavy atom. The van der Waals surface area contributed by atoms with E-state index in [0.717, 1.165) is 58.1 Å². The highest BCUT2D eigenvalue weighted by Crippen LogP contribution is 2.34. The van der Waals surface area contributed by atoms with Gasteiger partial charge in [-0.3, -0.25) is 10.2 Å². The molecule has 0 atom stereocenters. The molecule has 0 spiro atoms. The molecule has 7 nitrogen and oxygen atoms in total. The molecular weight excluding hydrogens is 448 g/mol. The molecule has 0 radical (unpaired) electrons. The number of hydrogen-bond donors (Lipinski definition) is 2. The maximum absolute atomic E-state index is 11.8. The number of aryl methyl sites for hydroxylation is 2. The Labute approximate surface area is 201 Å². The van der Waals surface area contributed by atoms with Gasteiger partial charge < -0.3 is 14.5 Å². The zero-order valence-corrected chi connectivity index (χ0v) is 20.0. The molecule has 1 aliphatic rings. The molecule has 0 saturated heterocycles. The van der Waals surface area contributed by atoms with Crippen molar-refractivity contribution in [1.29, 1.82) is 0 Å². The molecule has 0 fully saturated rings. The number of benzene rings is 2. The van der Waals surface area contributed by atoms with E-state index in [-0.39, 0.29) is 5.97 Å². The van der Waals surface area contributed by atoms with Crippen LogP contribution in [0.4, 0.5) is 5.13 Å². The Bertz CT molecular complexity index is 1350. The van der Waals surface area contributed by atoms with Crippen LogP contribution in [0.5, 0.6) is 5.75 Å². The Morgan fingerprint density at radius 1 is 1.15 bits per heavy atom. The van der Waals surface area contributed by atoms with Gasteiger partial charge in [0.2, 0.25) is 5.13 Å². The largest absolute Gasteiger partial charge is 0.497 e. The number of anilines is 1. The van der Waals surface area contributed by atoms with Crippen LogP contribution in [0.25, 0.3) is 22.2 Å².